The van der Waals surface area contributed by atoms with E-state index in [0.29, 0.717) is 0 Å². The minimum Gasteiger partial charge on any atom is -0.0984 e. The minimum absolute atomic E-state index is 1.12. The lowest BCUT2D eigenvalue weighted by molar-refractivity contribution is 1.59. The molecule has 0 fully saturated rings. The highest BCUT2D eigenvalue weighted by atomic mass is 14.2. The predicted octanol–water partition coefficient (Wildman–Crippen LogP) is 8.61. The van der Waals surface area contributed by atoms with Crippen molar-refractivity contribution in [3.8, 4) is 22.3 Å². The number of rotatable bonds is 4. The van der Waals surface area contributed by atoms with Gasteiger partial charge in [-0.2, -0.15) is 0 Å². The Hall–Kier alpha value is -3.90. The van der Waals surface area contributed by atoms with Crippen LogP contribution in [0, 0.1) is 0 Å². The second kappa shape index (κ2) is 7.50. The lowest BCUT2D eigenvalue weighted by Crippen LogP contribution is -1.96. The molecule has 0 heteroatoms. The normalized spacial score (nSPS) is 10.9. The molecule has 0 radical (unpaired) electrons. The molecule has 0 unspecified atom stereocenters. The highest BCUT2D eigenvalue weighted by molar-refractivity contribution is 6.14. The van der Waals surface area contributed by atoms with Crippen LogP contribution in [0.1, 0.15) is 11.1 Å². The molecule has 0 atom stereocenters. The van der Waals surface area contributed by atoms with Crippen molar-refractivity contribution in [2.45, 2.75) is 0 Å². The van der Waals surface area contributed by atoms with Gasteiger partial charge in [0, 0.05) is 0 Å². The summed E-state index contributed by atoms with van der Waals surface area (Å²) in [6.07, 6.45) is 3.95. The Morgan fingerprint density at radius 1 is 0.467 bits per heavy atom. The first-order valence-corrected chi connectivity index (χ1v) is 10.2. The van der Waals surface area contributed by atoms with E-state index in [0.717, 1.165) is 11.1 Å². The highest BCUT2D eigenvalue weighted by Gasteiger charge is 2.19. The van der Waals surface area contributed by atoms with Gasteiger partial charge in [0.2, 0.25) is 0 Å². The van der Waals surface area contributed by atoms with E-state index in [4.69, 9.17) is 0 Å². The van der Waals surface area contributed by atoms with Crippen molar-refractivity contribution in [3.05, 3.63) is 121 Å². The topological polar surface area (TPSA) is 0 Å². The Kier molecular flexibility index (Phi) is 4.53. The number of fused-ring (bicyclic) bond motifs is 2. The van der Waals surface area contributed by atoms with Crippen molar-refractivity contribution >= 4 is 33.7 Å². The first-order valence-electron chi connectivity index (χ1n) is 10.2. The molecule has 0 aliphatic carbocycles. The van der Waals surface area contributed by atoms with Crippen LogP contribution in [-0.4, -0.2) is 0 Å². The van der Waals surface area contributed by atoms with Gasteiger partial charge in [0.05, 0.1) is 0 Å². The van der Waals surface area contributed by atoms with Crippen molar-refractivity contribution in [2.75, 3.05) is 0 Å². The van der Waals surface area contributed by atoms with Crippen LogP contribution in [0.3, 0.4) is 0 Å². The molecule has 0 heterocycles. The molecule has 142 valence electrons. The minimum atomic E-state index is 1.12. The summed E-state index contributed by atoms with van der Waals surface area (Å²) in [5, 5.41) is 4.94. The van der Waals surface area contributed by atoms with E-state index >= 15 is 0 Å². The van der Waals surface area contributed by atoms with Crippen LogP contribution in [0.15, 0.2) is 110 Å². The Morgan fingerprint density at radius 3 is 1.70 bits per heavy atom. The third kappa shape index (κ3) is 2.77. The highest BCUT2D eigenvalue weighted by Crippen LogP contribution is 2.44. The molecular formula is C30H22. The Balaban J connectivity index is 2.00. The molecule has 0 saturated heterocycles. The third-order valence-corrected chi connectivity index (χ3v) is 5.82. The molecule has 0 aliphatic rings. The average molecular weight is 383 g/mol. The summed E-state index contributed by atoms with van der Waals surface area (Å²) in [6.45, 7) is 8.38. The van der Waals surface area contributed by atoms with Gasteiger partial charge in [-0.15, -0.1) is 0 Å². The van der Waals surface area contributed by atoms with E-state index in [1.54, 1.807) is 0 Å². The van der Waals surface area contributed by atoms with Gasteiger partial charge in [0.1, 0.15) is 0 Å². The van der Waals surface area contributed by atoms with Gasteiger partial charge in [0.15, 0.2) is 0 Å². The number of hydrogen-bond acceptors (Lipinski definition) is 0. The molecule has 0 spiro atoms. The van der Waals surface area contributed by atoms with E-state index < -0.39 is 0 Å². The number of hydrogen-bond donors (Lipinski definition) is 0. The van der Waals surface area contributed by atoms with Crippen molar-refractivity contribution in [1.82, 2.24) is 0 Å². The zero-order chi connectivity index (χ0) is 20.5. The zero-order valence-electron chi connectivity index (χ0n) is 16.8. The summed E-state index contributed by atoms with van der Waals surface area (Å²) in [5.74, 6) is 0. The molecule has 5 aromatic carbocycles. The summed E-state index contributed by atoms with van der Waals surface area (Å²) in [4.78, 5) is 0. The standard InChI is InChI=1S/C30H22/c1-3-23-24(4-2)30(26-20-12-16-21-13-8-9-17-25(21)26)28-19-11-10-18-27(28)29(23)22-14-6-5-7-15-22/h3-20H,1-2H2. The predicted molar refractivity (Wildman–Crippen MR) is 133 cm³/mol. The summed E-state index contributed by atoms with van der Waals surface area (Å²) in [5.41, 5.74) is 7.09. The van der Waals surface area contributed by atoms with E-state index in [-0.39, 0.29) is 0 Å². The van der Waals surface area contributed by atoms with Gasteiger partial charge in [-0.1, -0.05) is 122 Å². The van der Waals surface area contributed by atoms with Crippen LogP contribution in [0.4, 0.5) is 0 Å². The molecule has 0 bridgehead atoms. The molecule has 0 aromatic heterocycles. The lowest BCUT2D eigenvalue weighted by atomic mass is 9.82. The largest absolute Gasteiger partial charge is 0.0984 e. The monoisotopic (exact) mass is 382 g/mol. The second-order valence-corrected chi connectivity index (χ2v) is 7.42. The molecule has 0 N–H and O–H groups in total. The van der Waals surface area contributed by atoms with E-state index in [2.05, 4.69) is 110 Å². The first kappa shape index (κ1) is 18.1. The van der Waals surface area contributed by atoms with Crippen molar-refractivity contribution in [1.29, 1.82) is 0 Å². The van der Waals surface area contributed by atoms with Gasteiger partial charge >= 0.3 is 0 Å². The van der Waals surface area contributed by atoms with E-state index in [9.17, 15) is 0 Å². The molecule has 0 nitrogen and oxygen atoms in total. The fourth-order valence-corrected chi connectivity index (χ4v) is 4.55. The third-order valence-electron chi connectivity index (χ3n) is 5.82. The first-order chi connectivity index (χ1) is 14.8. The molecule has 0 aliphatic heterocycles. The lowest BCUT2D eigenvalue weighted by Gasteiger charge is -2.21. The van der Waals surface area contributed by atoms with Gasteiger partial charge < -0.3 is 0 Å². The van der Waals surface area contributed by atoms with Gasteiger partial charge in [-0.3, -0.25) is 0 Å². The van der Waals surface area contributed by atoms with Crippen molar-refractivity contribution < 1.29 is 0 Å². The Bertz CT molecular complexity index is 1400. The van der Waals surface area contributed by atoms with Crippen LogP contribution in [0.2, 0.25) is 0 Å². The maximum atomic E-state index is 4.20. The van der Waals surface area contributed by atoms with E-state index in [1.807, 2.05) is 12.2 Å². The Labute approximate surface area is 177 Å². The van der Waals surface area contributed by atoms with Crippen LogP contribution in [-0.2, 0) is 0 Å². The molecule has 0 saturated carbocycles. The van der Waals surface area contributed by atoms with Gasteiger partial charge in [-0.25, -0.2) is 0 Å². The molecular weight excluding hydrogens is 360 g/mol. The number of benzene rings is 5. The quantitative estimate of drug-likeness (QED) is 0.292. The van der Waals surface area contributed by atoms with Crippen LogP contribution >= 0.6 is 0 Å². The fourth-order valence-electron chi connectivity index (χ4n) is 4.55. The summed E-state index contributed by atoms with van der Waals surface area (Å²) in [7, 11) is 0. The van der Waals surface area contributed by atoms with Crippen LogP contribution < -0.4 is 0 Å². The zero-order valence-corrected chi connectivity index (χ0v) is 16.8. The smallest absolute Gasteiger partial charge is 0.00204 e. The van der Waals surface area contributed by atoms with Crippen molar-refractivity contribution in [3.63, 3.8) is 0 Å². The molecule has 5 rings (SSSR count). The van der Waals surface area contributed by atoms with Gasteiger partial charge in [0.25, 0.3) is 0 Å². The molecule has 30 heavy (non-hydrogen) atoms. The molecule has 0 amide bonds. The maximum Gasteiger partial charge on any atom is -0.00204 e. The Morgan fingerprint density at radius 2 is 1.00 bits per heavy atom. The molecule has 5 aromatic rings. The summed E-state index contributed by atoms with van der Waals surface area (Å²) in [6, 6.07) is 34.3. The van der Waals surface area contributed by atoms with E-state index in [1.165, 1.54) is 43.8 Å². The average Bonchev–Trinajstić information content (AvgIpc) is 2.82. The maximum absolute atomic E-state index is 4.20. The second-order valence-electron chi connectivity index (χ2n) is 7.42. The van der Waals surface area contributed by atoms with Crippen LogP contribution in [0.5, 0.6) is 0 Å². The van der Waals surface area contributed by atoms with Crippen LogP contribution in [0.25, 0.3) is 56.0 Å². The van der Waals surface area contributed by atoms with Crippen molar-refractivity contribution in [2.24, 2.45) is 0 Å². The summed E-state index contributed by atoms with van der Waals surface area (Å²) >= 11 is 0. The summed E-state index contributed by atoms with van der Waals surface area (Å²) < 4.78 is 0. The van der Waals surface area contributed by atoms with Gasteiger partial charge in [-0.05, 0) is 54.9 Å². The fraction of sp³-hybridized carbons (Fsp3) is 0. The SMILES string of the molecule is C=Cc1c(C=C)c(-c2cccc3ccccc23)c2ccccc2c1-c1ccccc1.